The Morgan fingerprint density at radius 1 is 0.429 bits per heavy atom. The monoisotopic (exact) mass is 740 g/mol. The molecule has 15 rings (SSSR count). The average molecular weight is 741 g/mol. The van der Waals surface area contributed by atoms with Gasteiger partial charge in [0.1, 0.15) is 0 Å². The fourth-order valence-electron chi connectivity index (χ4n) is 15.0. The molecule has 3 aromatic heterocycles. The summed E-state index contributed by atoms with van der Waals surface area (Å²) in [6.07, 6.45) is 36.8. The highest BCUT2D eigenvalue weighted by Gasteiger charge is 2.67. The number of ketones is 2. The van der Waals surface area contributed by atoms with Crippen LogP contribution in [0.25, 0.3) is 46.4 Å². The highest BCUT2D eigenvalue weighted by Crippen LogP contribution is 2.78. The minimum Gasteiger partial charge on any atom is -0.355 e. The van der Waals surface area contributed by atoms with Gasteiger partial charge in [-0.2, -0.15) is 0 Å². The van der Waals surface area contributed by atoms with Crippen molar-refractivity contribution in [2.45, 2.75) is 121 Å². The molecule has 10 aliphatic carbocycles. The number of hydrogen-bond acceptors (Lipinski definition) is 4. The predicted octanol–water partition coefficient (Wildman–Crippen LogP) is 11.6. The number of allylic oxidation sites excluding steroid dienone is 4. The zero-order valence-corrected chi connectivity index (χ0v) is 32.5. The first kappa shape index (κ1) is 33.5. The summed E-state index contributed by atoms with van der Waals surface area (Å²) in [6.45, 7) is 0. The molecule has 14 bridgehead atoms. The van der Waals surface area contributed by atoms with Gasteiger partial charge in [0.2, 0.25) is 0 Å². The molecule has 12 aliphatic rings. The molecule has 6 heteroatoms. The lowest BCUT2D eigenvalue weighted by Crippen LogP contribution is -2.61. The minimum absolute atomic E-state index is 0.00435. The van der Waals surface area contributed by atoms with Crippen LogP contribution in [0, 0.1) is 27.1 Å². The lowest BCUT2D eigenvalue weighted by Gasteiger charge is -2.71. The van der Waals surface area contributed by atoms with E-state index in [0.717, 1.165) is 69.7 Å². The van der Waals surface area contributed by atoms with Crippen molar-refractivity contribution in [2.75, 3.05) is 0 Å². The molecule has 0 radical (unpaired) electrons. The Kier molecular flexibility index (Phi) is 6.90. The van der Waals surface area contributed by atoms with E-state index in [0.29, 0.717) is 21.7 Å². The van der Waals surface area contributed by atoms with E-state index >= 15 is 0 Å². The number of nitrogens with one attached hydrogen (secondary N) is 2. The molecule has 0 unspecified atom stereocenters. The van der Waals surface area contributed by atoms with Crippen molar-refractivity contribution in [3.05, 3.63) is 94.6 Å². The molecule has 0 atom stereocenters. The first-order chi connectivity index (χ1) is 27.2. The maximum Gasteiger partial charge on any atom is 0.182 e. The van der Waals surface area contributed by atoms with Crippen molar-refractivity contribution in [3.8, 4) is 0 Å². The number of fused-ring (bicyclic) bond motifs is 17. The molecule has 2 aliphatic heterocycles. The topological polar surface area (TPSA) is 91.5 Å². The fraction of sp³-hybridized carbons (Fsp3) is 0.480. The summed E-state index contributed by atoms with van der Waals surface area (Å²) < 4.78 is 0. The Morgan fingerprint density at radius 3 is 1.27 bits per heavy atom. The van der Waals surface area contributed by atoms with Crippen molar-refractivity contribution in [1.82, 2.24) is 19.9 Å². The van der Waals surface area contributed by atoms with Crippen molar-refractivity contribution < 1.29 is 9.59 Å². The Labute approximate surface area is 329 Å². The minimum atomic E-state index is -0.0612. The first-order valence-electron chi connectivity index (χ1n) is 21.8. The zero-order chi connectivity index (χ0) is 37.4. The van der Waals surface area contributed by atoms with E-state index in [1.807, 2.05) is 0 Å². The number of carbonyl (C=O) groups is 2. The lowest BCUT2D eigenvalue weighted by atomic mass is 9.33. The maximum atomic E-state index is 13.0. The van der Waals surface area contributed by atoms with Crippen LogP contribution < -0.4 is 0 Å². The van der Waals surface area contributed by atoms with Gasteiger partial charge in [-0.3, -0.25) is 9.59 Å². The van der Waals surface area contributed by atoms with Crippen LogP contribution >= 0.6 is 0 Å². The molecule has 2 N–H and O–H groups in total. The molecule has 0 amide bonds. The van der Waals surface area contributed by atoms with E-state index in [4.69, 9.17) is 9.97 Å². The molecule has 6 nitrogen and oxygen atoms in total. The summed E-state index contributed by atoms with van der Waals surface area (Å²) in [4.78, 5) is 43.1. The Hall–Kier alpha value is -4.58. The highest BCUT2D eigenvalue weighted by atomic mass is 16.1. The Bertz CT molecular complexity index is 2370. The van der Waals surface area contributed by atoms with Crippen molar-refractivity contribution in [1.29, 1.82) is 0 Å². The largest absolute Gasteiger partial charge is 0.355 e. The van der Waals surface area contributed by atoms with Gasteiger partial charge in [-0.05, 0) is 233 Å². The van der Waals surface area contributed by atoms with Gasteiger partial charge in [-0.15, -0.1) is 0 Å². The van der Waals surface area contributed by atoms with Gasteiger partial charge in [0, 0.05) is 33.2 Å². The molecule has 9 saturated carbocycles. The van der Waals surface area contributed by atoms with E-state index in [1.165, 1.54) is 114 Å². The third kappa shape index (κ3) is 4.68. The lowest BCUT2D eigenvalue weighted by molar-refractivity contribution is -0.200. The van der Waals surface area contributed by atoms with E-state index in [2.05, 4.69) is 76.7 Å². The van der Waals surface area contributed by atoms with Crippen molar-refractivity contribution in [3.63, 3.8) is 0 Å². The van der Waals surface area contributed by atoms with E-state index < -0.39 is 0 Å². The number of H-pyrrole nitrogens is 2. The molecule has 0 spiro atoms. The third-order valence-electron chi connectivity index (χ3n) is 18.3. The van der Waals surface area contributed by atoms with Crippen LogP contribution in [0.5, 0.6) is 0 Å². The van der Waals surface area contributed by atoms with Gasteiger partial charge in [0.15, 0.2) is 11.6 Å². The molecule has 3 aromatic rings. The fourth-order valence-corrected chi connectivity index (χ4v) is 15.0. The summed E-state index contributed by atoms with van der Waals surface area (Å²) in [7, 11) is 0. The predicted molar refractivity (Wildman–Crippen MR) is 223 cm³/mol. The second kappa shape index (κ2) is 11.5. The number of aromatic nitrogens is 4. The summed E-state index contributed by atoms with van der Waals surface area (Å²) in [5.74, 6) is 0.0833. The second-order valence-electron chi connectivity index (χ2n) is 19.9. The summed E-state index contributed by atoms with van der Waals surface area (Å²) in [6, 6.07) is 15.0. The molecular formula is C50H52N4O2. The molecule has 56 heavy (non-hydrogen) atoms. The van der Waals surface area contributed by atoms with Gasteiger partial charge in [-0.25, -0.2) is 9.97 Å². The maximum absolute atomic E-state index is 13.0. The number of hydrogen-bond donors (Lipinski definition) is 2. The van der Waals surface area contributed by atoms with Crippen LogP contribution in [-0.4, -0.2) is 31.5 Å². The Balaban J connectivity index is 0.829. The molecule has 9 fully saturated rings. The first-order valence-corrected chi connectivity index (χ1v) is 21.8. The SMILES string of the molecule is O=C1C=CC(=O)C(C23CCC(C45CCC(C67CCC(c8c9nc(cc%10ccc(cc%11ccc(cc%12nc8C=C%12)[nH]%11)[nH]%10)C=C9)(CC6)CC7)(CC4)CC5)(CC2)CC3)=C1. The van der Waals surface area contributed by atoms with E-state index in [-0.39, 0.29) is 22.4 Å². The van der Waals surface area contributed by atoms with Crippen molar-refractivity contribution in [2.24, 2.45) is 27.1 Å². The van der Waals surface area contributed by atoms with E-state index in [9.17, 15) is 9.59 Å². The smallest absolute Gasteiger partial charge is 0.182 e. The number of aromatic amines is 2. The highest BCUT2D eigenvalue weighted by molar-refractivity contribution is 6.18. The average Bonchev–Trinajstić information content (AvgIpc) is 4.08. The molecular weight excluding hydrogens is 689 g/mol. The summed E-state index contributed by atoms with van der Waals surface area (Å²) in [5.41, 5.74) is 12.6. The van der Waals surface area contributed by atoms with Gasteiger partial charge in [0.05, 0.1) is 22.8 Å². The number of carbonyl (C=O) groups excluding carboxylic acids is 2. The van der Waals surface area contributed by atoms with Crippen molar-refractivity contribution >= 4 is 57.9 Å². The van der Waals surface area contributed by atoms with Gasteiger partial charge >= 0.3 is 0 Å². The number of rotatable bonds is 4. The van der Waals surface area contributed by atoms with Crippen LogP contribution in [-0.2, 0) is 15.0 Å². The molecule has 0 saturated heterocycles. The molecule has 284 valence electrons. The normalized spacial score (nSPS) is 36.8. The summed E-state index contributed by atoms with van der Waals surface area (Å²) >= 11 is 0. The van der Waals surface area contributed by atoms with Crippen LogP contribution in [0.3, 0.4) is 0 Å². The molecule has 0 aromatic carbocycles. The van der Waals surface area contributed by atoms with E-state index in [1.54, 1.807) is 6.08 Å². The van der Waals surface area contributed by atoms with Crippen LogP contribution in [0.2, 0.25) is 0 Å². The van der Waals surface area contributed by atoms with Crippen LogP contribution in [0.1, 0.15) is 144 Å². The summed E-state index contributed by atoms with van der Waals surface area (Å²) in [5, 5.41) is 0. The second-order valence-corrected chi connectivity index (χ2v) is 19.9. The van der Waals surface area contributed by atoms with Crippen LogP contribution in [0.4, 0.5) is 0 Å². The van der Waals surface area contributed by atoms with Gasteiger partial charge in [-0.1, -0.05) is 0 Å². The third-order valence-corrected chi connectivity index (χ3v) is 18.3. The zero-order valence-electron chi connectivity index (χ0n) is 32.5. The standard InChI is InChI=1S/C50H52N4O2/c55-39-7-10-43(56)40(32-39)45-11-17-47(18-12-45,19-13-45)49-23-26-50(27-24-49,28-25-49)48-20-14-46(15-21-48,16-22-48)44-41-8-5-37(53-41)30-35-3-1-33(51-35)29-34-2-4-36(52-34)31-38-6-9-42(44)54-38/h1-10,29-32,51-52H,11-28H2. The van der Waals surface area contributed by atoms with Gasteiger partial charge < -0.3 is 9.97 Å². The Morgan fingerprint density at radius 2 is 0.821 bits per heavy atom. The van der Waals surface area contributed by atoms with Crippen LogP contribution in [0.15, 0.2) is 66.3 Å². The number of nitrogens with zero attached hydrogens (tertiary/aromatic N) is 2. The quantitative estimate of drug-likeness (QED) is 0.179. The van der Waals surface area contributed by atoms with Gasteiger partial charge in [0.25, 0.3) is 0 Å². The molecule has 5 heterocycles.